The number of methoxy groups -OCH3 is 1. The van der Waals surface area contributed by atoms with Crippen molar-refractivity contribution in [3.8, 4) is 5.75 Å². The molecule has 0 saturated heterocycles. The van der Waals surface area contributed by atoms with Crippen LogP contribution < -0.4 is 10.6 Å². The second kappa shape index (κ2) is 6.47. The molecule has 1 amide bonds. The number of phenolic OH excluding ortho intramolecular Hbond substituents is 1. The monoisotopic (exact) mass is 272 g/mol. The number of ether oxygens (including phenoxy) is 1. The summed E-state index contributed by atoms with van der Waals surface area (Å²) < 4.78 is 4.54. The zero-order valence-electron chi connectivity index (χ0n) is 11.1. The fourth-order valence-corrected chi connectivity index (χ4v) is 1.69. The molecule has 5 nitrogen and oxygen atoms in total. The van der Waals surface area contributed by atoms with Crippen molar-refractivity contribution in [3.63, 3.8) is 0 Å². The maximum atomic E-state index is 11.1. The third-order valence-corrected chi connectivity index (χ3v) is 2.73. The molecule has 0 radical (unpaired) electrons. The van der Waals surface area contributed by atoms with Crippen LogP contribution in [0, 0.1) is 0 Å². The largest absolute Gasteiger partial charge is 0.508 e. The highest BCUT2D eigenvalue weighted by Crippen LogP contribution is 2.17. The van der Waals surface area contributed by atoms with E-state index in [1.165, 1.54) is 7.11 Å². The molecule has 2 aromatic rings. The van der Waals surface area contributed by atoms with Gasteiger partial charge in [0.25, 0.3) is 0 Å². The van der Waals surface area contributed by atoms with Gasteiger partial charge >= 0.3 is 6.09 Å². The lowest BCUT2D eigenvalue weighted by Crippen LogP contribution is -2.11. The Morgan fingerprint density at radius 3 is 2.55 bits per heavy atom. The average Bonchev–Trinajstić information content (AvgIpc) is 2.47. The Morgan fingerprint density at radius 1 is 1.15 bits per heavy atom. The highest BCUT2D eigenvalue weighted by molar-refractivity contribution is 5.85. The molecular formula is C15H16N2O3. The number of anilines is 2. The molecule has 0 aliphatic rings. The molecule has 0 aromatic heterocycles. The van der Waals surface area contributed by atoms with E-state index >= 15 is 0 Å². The van der Waals surface area contributed by atoms with E-state index in [0.29, 0.717) is 12.2 Å². The van der Waals surface area contributed by atoms with Crippen LogP contribution in [0.5, 0.6) is 5.75 Å². The van der Waals surface area contributed by atoms with Gasteiger partial charge in [-0.25, -0.2) is 4.79 Å². The molecule has 0 aliphatic heterocycles. The van der Waals surface area contributed by atoms with Crippen molar-refractivity contribution in [2.75, 3.05) is 17.7 Å². The Kier molecular flexibility index (Phi) is 4.44. The van der Waals surface area contributed by atoms with Crippen molar-refractivity contribution in [1.29, 1.82) is 0 Å². The van der Waals surface area contributed by atoms with Crippen molar-refractivity contribution in [1.82, 2.24) is 0 Å². The van der Waals surface area contributed by atoms with Gasteiger partial charge in [0.15, 0.2) is 0 Å². The molecule has 0 aliphatic carbocycles. The molecule has 5 heteroatoms. The molecule has 0 unspecified atom stereocenters. The predicted octanol–water partition coefficient (Wildman–Crippen LogP) is 3.18. The molecular weight excluding hydrogens is 256 g/mol. The number of amides is 1. The SMILES string of the molecule is COC(=O)Nc1cccc(NCc2ccc(O)cc2)c1. The molecule has 0 atom stereocenters. The van der Waals surface area contributed by atoms with Crippen LogP contribution in [0.15, 0.2) is 48.5 Å². The van der Waals surface area contributed by atoms with Gasteiger partial charge in [0.2, 0.25) is 0 Å². The van der Waals surface area contributed by atoms with Gasteiger partial charge in [0.05, 0.1) is 7.11 Å². The lowest BCUT2D eigenvalue weighted by molar-refractivity contribution is 0.187. The van der Waals surface area contributed by atoms with Crippen LogP contribution in [0.1, 0.15) is 5.56 Å². The Labute approximate surface area is 117 Å². The Balaban J connectivity index is 1.97. The van der Waals surface area contributed by atoms with Crippen LogP contribution in [0.4, 0.5) is 16.2 Å². The van der Waals surface area contributed by atoms with E-state index < -0.39 is 6.09 Å². The minimum atomic E-state index is -0.499. The van der Waals surface area contributed by atoms with E-state index in [2.05, 4.69) is 15.4 Å². The summed E-state index contributed by atoms with van der Waals surface area (Å²) in [6.45, 7) is 0.627. The van der Waals surface area contributed by atoms with Crippen molar-refractivity contribution in [2.24, 2.45) is 0 Å². The Hall–Kier alpha value is -2.69. The van der Waals surface area contributed by atoms with Crippen LogP contribution in [0.3, 0.4) is 0 Å². The standard InChI is InChI=1S/C15H16N2O3/c1-20-15(19)17-13-4-2-3-12(9-13)16-10-11-5-7-14(18)8-6-11/h2-9,16,18H,10H2,1H3,(H,17,19). The lowest BCUT2D eigenvalue weighted by Gasteiger charge is -2.09. The van der Waals surface area contributed by atoms with Crippen molar-refractivity contribution < 1.29 is 14.6 Å². The molecule has 2 rings (SSSR count). The lowest BCUT2D eigenvalue weighted by atomic mass is 10.2. The zero-order valence-corrected chi connectivity index (χ0v) is 11.1. The van der Waals surface area contributed by atoms with Crippen LogP contribution in [0.25, 0.3) is 0 Å². The summed E-state index contributed by atoms with van der Waals surface area (Å²) in [5.74, 6) is 0.248. The summed E-state index contributed by atoms with van der Waals surface area (Å²) in [5.41, 5.74) is 2.59. The molecule has 0 spiro atoms. The number of aromatic hydroxyl groups is 1. The minimum Gasteiger partial charge on any atom is -0.508 e. The topological polar surface area (TPSA) is 70.6 Å². The first kappa shape index (κ1) is 13.7. The normalized spacial score (nSPS) is 9.85. The maximum absolute atomic E-state index is 11.1. The third kappa shape index (κ3) is 3.91. The van der Waals surface area contributed by atoms with Crippen molar-refractivity contribution >= 4 is 17.5 Å². The van der Waals surface area contributed by atoms with E-state index in [0.717, 1.165) is 11.3 Å². The number of carbonyl (C=O) groups is 1. The van der Waals surface area contributed by atoms with Crippen molar-refractivity contribution in [2.45, 2.75) is 6.54 Å². The summed E-state index contributed by atoms with van der Waals surface area (Å²) in [6, 6.07) is 14.3. The smallest absolute Gasteiger partial charge is 0.411 e. The molecule has 3 N–H and O–H groups in total. The van der Waals surface area contributed by atoms with Crippen molar-refractivity contribution in [3.05, 3.63) is 54.1 Å². The molecule has 0 heterocycles. The molecule has 0 saturated carbocycles. The fourth-order valence-electron chi connectivity index (χ4n) is 1.69. The van der Waals surface area contributed by atoms with E-state index in [1.54, 1.807) is 18.2 Å². The van der Waals surface area contributed by atoms with Gasteiger partial charge in [-0.3, -0.25) is 5.32 Å². The number of hydrogen-bond donors (Lipinski definition) is 3. The van der Waals surface area contributed by atoms with E-state index in [4.69, 9.17) is 0 Å². The molecule has 20 heavy (non-hydrogen) atoms. The maximum Gasteiger partial charge on any atom is 0.411 e. The summed E-state index contributed by atoms with van der Waals surface area (Å²) >= 11 is 0. The Morgan fingerprint density at radius 2 is 1.85 bits per heavy atom. The van der Waals surface area contributed by atoms with E-state index in [1.807, 2.05) is 30.3 Å². The molecule has 0 fully saturated rings. The molecule has 0 bridgehead atoms. The van der Waals surface area contributed by atoms with E-state index in [-0.39, 0.29) is 5.75 Å². The number of rotatable bonds is 4. The van der Waals surface area contributed by atoms with Gasteiger partial charge in [-0.05, 0) is 35.9 Å². The number of nitrogens with one attached hydrogen (secondary N) is 2. The van der Waals surface area contributed by atoms with Gasteiger partial charge in [0.1, 0.15) is 5.75 Å². The van der Waals surface area contributed by atoms with Gasteiger partial charge < -0.3 is 15.2 Å². The van der Waals surface area contributed by atoms with Gasteiger partial charge in [0, 0.05) is 17.9 Å². The number of phenols is 1. The van der Waals surface area contributed by atoms with Gasteiger partial charge in [-0.1, -0.05) is 18.2 Å². The molecule has 2 aromatic carbocycles. The highest BCUT2D eigenvalue weighted by atomic mass is 16.5. The zero-order chi connectivity index (χ0) is 14.4. The van der Waals surface area contributed by atoms with Gasteiger partial charge in [-0.15, -0.1) is 0 Å². The second-order valence-corrected chi connectivity index (χ2v) is 4.22. The predicted molar refractivity (Wildman–Crippen MR) is 77.9 cm³/mol. The average molecular weight is 272 g/mol. The quantitative estimate of drug-likeness (QED) is 0.799. The van der Waals surface area contributed by atoms with Crippen LogP contribution in [-0.2, 0) is 11.3 Å². The van der Waals surface area contributed by atoms with Crippen LogP contribution >= 0.6 is 0 Å². The first-order valence-corrected chi connectivity index (χ1v) is 6.14. The van der Waals surface area contributed by atoms with Gasteiger partial charge in [-0.2, -0.15) is 0 Å². The number of carbonyl (C=O) groups excluding carboxylic acids is 1. The molecule has 104 valence electrons. The van der Waals surface area contributed by atoms with Crippen LogP contribution in [0.2, 0.25) is 0 Å². The Bertz CT molecular complexity index is 582. The summed E-state index contributed by atoms with van der Waals surface area (Å²) in [4.78, 5) is 11.1. The number of benzene rings is 2. The number of hydrogen-bond acceptors (Lipinski definition) is 4. The second-order valence-electron chi connectivity index (χ2n) is 4.22. The van der Waals surface area contributed by atoms with Crippen LogP contribution in [-0.4, -0.2) is 18.3 Å². The third-order valence-electron chi connectivity index (χ3n) is 2.73. The highest BCUT2D eigenvalue weighted by Gasteiger charge is 2.01. The minimum absolute atomic E-state index is 0.248. The summed E-state index contributed by atoms with van der Waals surface area (Å²) in [7, 11) is 1.32. The first-order chi connectivity index (χ1) is 9.67. The first-order valence-electron chi connectivity index (χ1n) is 6.14. The fraction of sp³-hybridized carbons (Fsp3) is 0.133. The summed E-state index contributed by atoms with van der Waals surface area (Å²) in [6.07, 6.45) is -0.499. The van der Waals surface area contributed by atoms with E-state index in [9.17, 15) is 9.90 Å². The summed E-state index contributed by atoms with van der Waals surface area (Å²) in [5, 5.41) is 15.1.